The van der Waals surface area contributed by atoms with Crippen LogP contribution >= 0.6 is 0 Å². The summed E-state index contributed by atoms with van der Waals surface area (Å²) in [4.78, 5) is 45.4. The highest BCUT2D eigenvalue weighted by Gasteiger charge is 2.60. The molecule has 0 saturated carbocycles. The van der Waals surface area contributed by atoms with Crippen LogP contribution < -0.4 is 14.7 Å². The number of fused-ring (bicyclic) bond motifs is 1. The molecular formula is C26H22N2O6. The molecule has 2 aliphatic rings. The summed E-state index contributed by atoms with van der Waals surface area (Å²) in [6.07, 6.45) is -1.01. The number of hydroxylamine groups is 1. The average Bonchev–Trinajstić information content (AvgIpc) is 3.35. The number of amides is 2. The second-order valence-corrected chi connectivity index (χ2v) is 8.30. The number of anilines is 2. The van der Waals surface area contributed by atoms with E-state index in [1.807, 2.05) is 55.5 Å². The molecule has 3 atom stereocenters. The second kappa shape index (κ2) is 8.31. The summed E-state index contributed by atoms with van der Waals surface area (Å²) in [5, 5.41) is 10.8. The van der Waals surface area contributed by atoms with E-state index in [1.54, 1.807) is 12.2 Å². The third kappa shape index (κ3) is 3.48. The number of carboxylic acid groups (broad SMARTS) is 1. The predicted octanol–water partition coefficient (Wildman–Crippen LogP) is 3.75. The molecule has 0 unspecified atom stereocenters. The van der Waals surface area contributed by atoms with Gasteiger partial charge in [-0.2, -0.15) is 0 Å². The Morgan fingerprint density at radius 3 is 2.26 bits per heavy atom. The molecule has 8 nitrogen and oxygen atoms in total. The van der Waals surface area contributed by atoms with Crippen LogP contribution in [0.1, 0.15) is 27.5 Å². The Hall–Kier alpha value is -4.17. The molecule has 0 spiro atoms. The molecule has 0 aliphatic carbocycles. The van der Waals surface area contributed by atoms with Gasteiger partial charge in [-0.1, -0.05) is 29.8 Å². The number of aromatic carboxylic acids is 1. The summed E-state index contributed by atoms with van der Waals surface area (Å²) in [5.41, 5.74) is 2.95. The van der Waals surface area contributed by atoms with Crippen LogP contribution in [-0.4, -0.2) is 36.1 Å². The number of rotatable bonds is 5. The minimum absolute atomic E-state index is 0.0686. The van der Waals surface area contributed by atoms with Crippen LogP contribution in [0.2, 0.25) is 0 Å². The maximum atomic E-state index is 13.6. The quantitative estimate of drug-likeness (QED) is 0.582. The van der Waals surface area contributed by atoms with Gasteiger partial charge in [-0.25, -0.2) is 14.8 Å². The van der Waals surface area contributed by atoms with Crippen molar-refractivity contribution in [2.75, 3.05) is 17.1 Å². The molecule has 2 amide bonds. The fraction of sp³-hybridized carbons (Fsp3) is 0.192. The van der Waals surface area contributed by atoms with Gasteiger partial charge in [0.15, 0.2) is 6.10 Å². The number of nitrogens with zero attached hydrogens (tertiary/aromatic N) is 2. The van der Waals surface area contributed by atoms with Gasteiger partial charge in [0.05, 0.1) is 30.1 Å². The number of carboxylic acids is 1. The van der Waals surface area contributed by atoms with E-state index < -0.39 is 35.8 Å². The Balaban J connectivity index is 1.56. The Bertz CT molecular complexity index is 1270. The zero-order chi connectivity index (χ0) is 24.0. The number of imide groups is 1. The molecule has 0 bridgehead atoms. The van der Waals surface area contributed by atoms with Crippen molar-refractivity contribution in [2.24, 2.45) is 5.92 Å². The summed E-state index contributed by atoms with van der Waals surface area (Å²) in [7, 11) is 1.57. The SMILES string of the molecule is COc1cccc([C@H]2[C@H]3C(=O)N(c4ccc(C(=O)O)cc4)C(=O)[C@H]3ON2c2ccc(C)cc2)c1. The molecule has 172 valence electrons. The van der Waals surface area contributed by atoms with Gasteiger partial charge >= 0.3 is 5.97 Å². The standard InChI is InChI=1S/C26H22N2O6/c1-15-6-10-19(11-7-15)28-22(17-4-3-5-20(14-17)33-2)21-23(34-28)25(30)27(24(21)29)18-12-8-16(9-13-18)26(31)32/h3-14,21-23H,1-2H3,(H,31,32)/t21-,22+,23+/m1/s1. The van der Waals surface area contributed by atoms with Gasteiger partial charge in [0.1, 0.15) is 11.7 Å². The summed E-state index contributed by atoms with van der Waals surface area (Å²) in [5.74, 6) is -2.14. The third-order valence-corrected chi connectivity index (χ3v) is 6.21. The van der Waals surface area contributed by atoms with Gasteiger partial charge in [-0.05, 0) is 61.0 Å². The second-order valence-electron chi connectivity index (χ2n) is 8.30. The summed E-state index contributed by atoms with van der Waals surface area (Å²) in [6, 6.07) is 20.1. The molecule has 3 aromatic rings. The highest BCUT2D eigenvalue weighted by molar-refractivity contribution is 6.24. The number of benzene rings is 3. The van der Waals surface area contributed by atoms with Crippen molar-refractivity contribution in [3.05, 3.63) is 89.5 Å². The van der Waals surface area contributed by atoms with E-state index in [9.17, 15) is 14.4 Å². The number of aryl methyl sites for hydroxylation is 1. The van der Waals surface area contributed by atoms with E-state index in [-0.39, 0.29) is 5.56 Å². The minimum atomic E-state index is -1.09. The maximum absolute atomic E-state index is 13.6. The lowest BCUT2D eigenvalue weighted by molar-refractivity contribution is -0.126. The zero-order valence-corrected chi connectivity index (χ0v) is 18.5. The van der Waals surface area contributed by atoms with E-state index in [2.05, 4.69) is 0 Å². The van der Waals surface area contributed by atoms with Gasteiger partial charge in [-0.15, -0.1) is 0 Å². The van der Waals surface area contributed by atoms with E-state index in [4.69, 9.17) is 14.7 Å². The first-order chi connectivity index (χ1) is 16.4. The smallest absolute Gasteiger partial charge is 0.335 e. The highest BCUT2D eigenvalue weighted by atomic mass is 16.7. The van der Waals surface area contributed by atoms with E-state index in [0.717, 1.165) is 21.7 Å². The van der Waals surface area contributed by atoms with Gasteiger partial charge in [-0.3, -0.25) is 14.4 Å². The number of methoxy groups -OCH3 is 1. The fourth-order valence-electron chi connectivity index (χ4n) is 4.50. The van der Waals surface area contributed by atoms with Gasteiger partial charge in [0.25, 0.3) is 5.91 Å². The first kappa shape index (κ1) is 21.7. The molecule has 2 heterocycles. The Labute approximate surface area is 195 Å². The summed E-state index contributed by atoms with van der Waals surface area (Å²) >= 11 is 0. The average molecular weight is 458 g/mol. The van der Waals surface area contributed by atoms with E-state index in [1.165, 1.54) is 24.3 Å². The molecule has 2 aliphatic heterocycles. The Kier molecular flexibility index (Phi) is 5.30. The van der Waals surface area contributed by atoms with E-state index in [0.29, 0.717) is 11.4 Å². The first-order valence-electron chi connectivity index (χ1n) is 10.8. The van der Waals surface area contributed by atoms with Crippen LogP contribution in [0.15, 0.2) is 72.8 Å². The normalized spacial score (nSPS) is 21.6. The van der Waals surface area contributed by atoms with Crippen molar-refractivity contribution in [1.82, 2.24) is 0 Å². The molecule has 0 aromatic heterocycles. The molecule has 34 heavy (non-hydrogen) atoms. The van der Waals surface area contributed by atoms with Gasteiger partial charge in [0, 0.05) is 0 Å². The molecule has 8 heteroatoms. The lowest BCUT2D eigenvalue weighted by Crippen LogP contribution is -2.37. The fourth-order valence-corrected chi connectivity index (χ4v) is 4.50. The maximum Gasteiger partial charge on any atom is 0.335 e. The van der Waals surface area contributed by atoms with Crippen molar-refractivity contribution < 1.29 is 29.1 Å². The predicted molar refractivity (Wildman–Crippen MR) is 124 cm³/mol. The Morgan fingerprint density at radius 1 is 0.941 bits per heavy atom. The number of hydrogen-bond donors (Lipinski definition) is 1. The molecule has 0 radical (unpaired) electrons. The molecule has 5 rings (SSSR count). The summed E-state index contributed by atoms with van der Waals surface area (Å²) in [6.45, 7) is 1.98. The lowest BCUT2D eigenvalue weighted by Gasteiger charge is -2.29. The van der Waals surface area contributed by atoms with E-state index >= 15 is 0 Å². The minimum Gasteiger partial charge on any atom is -0.497 e. The first-order valence-corrected chi connectivity index (χ1v) is 10.8. The van der Waals surface area contributed by atoms with Crippen LogP contribution in [-0.2, 0) is 14.4 Å². The van der Waals surface area contributed by atoms with Crippen molar-refractivity contribution in [2.45, 2.75) is 19.1 Å². The van der Waals surface area contributed by atoms with Gasteiger partial charge in [0.2, 0.25) is 5.91 Å². The number of hydrogen-bond acceptors (Lipinski definition) is 6. The van der Waals surface area contributed by atoms with Crippen molar-refractivity contribution in [3.63, 3.8) is 0 Å². The van der Waals surface area contributed by atoms with Crippen molar-refractivity contribution >= 4 is 29.2 Å². The molecule has 1 N–H and O–H groups in total. The van der Waals surface area contributed by atoms with Crippen molar-refractivity contribution in [3.8, 4) is 5.75 Å². The molecule has 3 aromatic carbocycles. The lowest BCUT2D eigenvalue weighted by atomic mass is 9.90. The van der Waals surface area contributed by atoms with Crippen LogP contribution in [0.3, 0.4) is 0 Å². The van der Waals surface area contributed by atoms with Crippen LogP contribution in [0.4, 0.5) is 11.4 Å². The van der Waals surface area contributed by atoms with Crippen molar-refractivity contribution in [1.29, 1.82) is 0 Å². The molecule has 2 fully saturated rings. The third-order valence-electron chi connectivity index (χ3n) is 6.21. The van der Waals surface area contributed by atoms with Crippen LogP contribution in [0.25, 0.3) is 0 Å². The monoisotopic (exact) mass is 458 g/mol. The topological polar surface area (TPSA) is 96.4 Å². The molecular weight excluding hydrogens is 436 g/mol. The van der Waals surface area contributed by atoms with Crippen LogP contribution in [0.5, 0.6) is 5.75 Å². The Morgan fingerprint density at radius 2 is 1.62 bits per heavy atom. The van der Waals surface area contributed by atoms with Crippen LogP contribution in [0, 0.1) is 12.8 Å². The molecule has 2 saturated heterocycles. The summed E-state index contributed by atoms with van der Waals surface area (Å²) < 4.78 is 5.38. The largest absolute Gasteiger partial charge is 0.497 e. The highest BCUT2D eigenvalue weighted by Crippen LogP contribution is 2.48. The number of carbonyl (C=O) groups excluding carboxylic acids is 2. The number of ether oxygens (including phenoxy) is 1. The number of carbonyl (C=O) groups is 3. The van der Waals surface area contributed by atoms with Gasteiger partial charge < -0.3 is 9.84 Å². The zero-order valence-electron chi connectivity index (χ0n) is 18.5.